The molecule has 2 aliphatic heterocycles. The van der Waals surface area contributed by atoms with Crippen molar-refractivity contribution in [2.24, 2.45) is 5.73 Å². The summed E-state index contributed by atoms with van der Waals surface area (Å²) in [5.41, 5.74) is 14.5. The Morgan fingerprint density at radius 2 is 1.85 bits per heavy atom. The number of nitrogen functional groups attached to an aromatic ring is 1. The Hall–Kier alpha value is -3.21. The number of nitrogens with zero attached hydrogens (tertiary/aromatic N) is 5. The van der Waals surface area contributed by atoms with Gasteiger partial charge in [-0.25, -0.2) is 6.57 Å². The highest BCUT2D eigenvalue weighted by atomic mass is 35.5. The molecule has 1 saturated heterocycles. The Labute approximate surface area is 299 Å². The Kier molecular flexibility index (Phi) is 21.6. The van der Waals surface area contributed by atoms with Crippen LogP contribution >= 0.6 is 38.6 Å². The highest BCUT2D eigenvalue weighted by Gasteiger charge is 2.25. The second-order valence-electron chi connectivity index (χ2n) is 10.5. The van der Waals surface area contributed by atoms with Crippen LogP contribution in [0.4, 0.5) is 11.5 Å². The molecule has 47 heavy (non-hydrogen) atoms. The van der Waals surface area contributed by atoms with Gasteiger partial charge in [-0.2, -0.15) is 37.0 Å². The summed E-state index contributed by atoms with van der Waals surface area (Å²) in [6, 6.07) is 13.1. The van der Waals surface area contributed by atoms with E-state index in [2.05, 4.69) is 62.3 Å². The Morgan fingerprint density at radius 3 is 2.38 bits per heavy atom. The van der Waals surface area contributed by atoms with Crippen molar-refractivity contribution in [3.8, 4) is 6.01 Å². The summed E-state index contributed by atoms with van der Waals surface area (Å²) < 4.78 is 10.5. The molecule has 13 heteroatoms. The molecule has 3 heterocycles. The number of carbonyl (C=O) groups is 1. The number of aromatic nitrogens is 2. The molecule has 2 aromatic carbocycles. The molecule has 1 atom stereocenters. The summed E-state index contributed by atoms with van der Waals surface area (Å²) in [7, 11) is 3.62. The molecule has 2 aliphatic rings. The normalized spacial score (nSPS) is 14.6. The lowest BCUT2D eigenvalue weighted by atomic mass is 10.0. The molecule has 1 fully saturated rings. The van der Waals surface area contributed by atoms with E-state index in [1.807, 2.05) is 32.9 Å². The first-order valence-corrected chi connectivity index (χ1v) is 15.8. The largest absolute Gasteiger partial charge is 0.462 e. The number of primary amides is 1. The molecule has 1 aromatic heterocycles. The topological polar surface area (TPSA) is 124 Å². The maximum atomic E-state index is 10.1. The van der Waals surface area contributed by atoms with Gasteiger partial charge in [-0.05, 0) is 50.4 Å². The zero-order valence-electron chi connectivity index (χ0n) is 28.3. The van der Waals surface area contributed by atoms with Crippen LogP contribution < -0.4 is 21.1 Å². The van der Waals surface area contributed by atoms with Crippen LogP contribution in [-0.4, -0.2) is 73.8 Å². The summed E-state index contributed by atoms with van der Waals surface area (Å²) >= 11 is 6.55. The van der Waals surface area contributed by atoms with E-state index in [9.17, 15) is 4.79 Å². The van der Waals surface area contributed by atoms with Crippen molar-refractivity contribution in [2.45, 2.75) is 59.0 Å². The van der Waals surface area contributed by atoms with Crippen molar-refractivity contribution < 1.29 is 14.3 Å². The molecule has 0 bridgehead atoms. The number of halogens is 1. The number of methoxy groups -OCH3 is 1. The number of benzene rings is 2. The van der Waals surface area contributed by atoms with E-state index in [0.717, 1.165) is 65.1 Å². The fraction of sp³-hybridized carbons (Fsp3) is 0.471. The van der Waals surface area contributed by atoms with E-state index in [4.69, 9.17) is 39.4 Å². The number of anilines is 2. The van der Waals surface area contributed by atoms with Crippen LogP contribution in [0, 0.1) is 6.57 Å². The lowest BCUT2D eigenvalue weighted by molar-refractivity contribution is -0.115. The summed E-state index contributed by atoms with van der Waals surface area (Å²) in [5, 5.41) is 2.98. The molecular weight excluding hydrogens is 654 g/mol. The van der Waals surface area contributed by atoms with Crippen molar-refractivity contribution in [2.75, 3.05) is 57.6 Å². The third-order valence-corrected chi connectivity index (χ3v) is 7.64. The Balaban J connectivity index is 0.00000106. The van der Waals surface area contributed by atoms with Crippen LogP contribution in [0.1, 0.15) is 51.3 Å². The number of rotatable bonds is 8. The van der Waals surface area contributed by atoms with Gasteiger partial charge in [0.1, 0.15) is 12.4 Å². The Morgan fingerprint density at radius 1 is 1.17 bits per heavy atom. The molecule has 5 rings (SSSR count). The molecule has 4 N–H and O–H groups in total. The van der Waals surface area contributed by atoms with E-state index < -0.39 is 5.91 Å². The van der Waals surface area contributed by atoms with Crippen LogP contribution in [-0.2, 0) is 22.5 Å². The molecule has 0 aliphatic carbocycles. The first kappa shape index (κ1) is 43.8. The van der Waals surface area contributed by atoms with E-state index in [1.54, 1.807) is 0 Å². The lowest BCUT2D eigenvalue weighted by Gasteiger charge is -2.31. The van der Waals surface area contributed by atoms with Crippen LogP contribution in [0.15, 0.2) is 48.6 Å². The predicted molar refractivity (Wildman–Crippen MR) is 205 cm³/mol. The molecule has 260 valence electrons. The van der Waals surface area contributed by atoms with Gasteiger partial charge in [0.05, 0.1) is 23.9 Å². The standard InChI is InChI=1S/C23H26ClN5O.C5H9NO2.C4H7N.C2H6.2H2S/c1-28-11-4-7-16(28)14-30-23-26-19-13-29(12-10-17(19)22(25)27-23)20-9-3-6-15-5-2-8-18(24)21(15)20;1-4(3-8-2)5(6)7;1-3-4-5-2;1-2;;/h2-3,5-6,8-9,16H,4,7,10-14H2,1H3,(H2,25,26,27);1,3H2,2H3,(H2,6,7);3-4H2,1H3;1-2H3;2*1H2/t16-;;;;;/m0...../s1. The second-order valence-corrected chi connectivity index (χ2v) is 10.9. The molecule has 0 saturated carbocycles. The van der Waals surface area contributed by atoms with Crippen LogP contribution in [0.2, 0.25) is 5.02 Å². The number of nitrogens with two attached hydrogens (primary N) is 2. The van der Waals surface area contributed by atoms with Crippen LogP contribution in [0.3, 0.4) is 0 Å². The minimum atomic E-state index is -0.508. The smallest absolute Gasteiger partial charge is 0.318 e. The monoisotopic (exact) mass is 705 g/mol. The fourth-order valence-corrected chi connectivity index (χ4v) is 5.24. The van der Waals surface area contributed by atoms with E-state index >= 15 is 0 Å². The number of hydrogen-bond donors (Lipinski definition) is 2. The third-order valence-electron chi connectivity index (χ3n) is 7.33. The molecular formula is C34H52ClN7O3S2. The highest BCUT2D eigenvalue weighted by molar-refractivity contribution is 7.59. The van der Waals surface area contributed by atoms with Gasteiger partial charge in [0.15, 0.2) is 0 Å². The van der Waals surface area contributed by atoms with Gasteiger partial charge in [0.2, 0.25) is 12.5 Å². The molecule has 0 spiro atoms. The third kappa shape index (κ3) is 13.1. The van der Waals surface area contributed by atoms with Gasteiger partial charge in [0, 0.05) is 48.3 Å². The number of likely N-dealkylation sites (tertiary alicyclic amines) is 1. The maximum absolute atomic E-state index is 10.1. The highest BCUT2D eigenvalue weighted by Crippen LogP contribution is 2.36. The van der Waals surface area contributed by atoms with Crippen LogP contribution in [0.5, 0.6) is 6.01 Å². The van der Waals surface area contributed by atoms with Crippen molar-refractivity contribution in [1.82, 2.24) is 14.9 Å². The van der Waals surface area contributed by atoms with E-state index in [-0.39, 0.29) is 33.6 Å². The average Bonchev–Trinajstić information content (AvgIpc) is 3.46. The van der Waals surface area contributed by atoms with Gasteiger partial charge in [-0.3, -0.25) is 4.79 Å². The maximum Gasteiger partial charge on any atom is 0.318 e. The predicted octanol–water partition coefficient (Wildman–Crippen LogP) is 6.14. The van der Waals surface area contributed by atoms with E-state index in [0.29, 0.717) is 43.1 Å². The average molecular weight is 706 g/mol. The SMILES string of the molecule is C=C(COC)C(N)=O.CC.CN1CCC[C@H]1COc1nc(N)c2c(n1)CN(c1cccc3cccc(Cl)c13)CC2.S.S.[C-]#[N+]CCC. The van der Waals surface area contributed by atoms with Crippen molar-refractivity contribution in [3.05, 3.63) is 76.2 Å². The first-order chi connectivity index (χ1) is 21.7. The number of carbonyl (C=O) groups excluding carboxylic acids is 1. The van der Waals surface area contributed by atoms with Crippen molar-refractivity contribution in [3.63, 3.8) is 0 Å². The quantitative estimate of drug-likeness (QED) is 0.212. The first-order valence-electron chi connectivity index (χ1n) is 15.4. The van der Waals surface area contributed by atoms with Crippen LogP contribution in [0.25, 0.3) is 15.6 Å². The summed E-state index contributed by atoms with van der Waals surface area (Å²) in [6.07, 6.45) is 4.14. The Bertz CT molecular complexity index is 1450. The molecule has 3 aromatic rings. The van der Waals surface area contributed by atoms with Gasteiger partial charge in [-0.15, -0.1) is 0 Å². The minimum Gasteiger partial charge on any atom is -0.462 e. The molecule has 0 radical (unpaired) electrons. The fourth-order valence-electron chi connectivity index (χ4n) is 4.96. The number of ether oxygens (including phenoxy) is 2. The molecule has 10 nitrogen and oxygen atoms in total. The molecule has 1 amide bonds. The van der Waals surface area contributed by atoms with Crippen molar-refractivity contribution in [1.29, 1.82) is 0 Å². The number of hydrogen-bond acceptors (Lipinski definition) is 8. The zero-order chi connectivity index (χ0) is 33.4. The van der Waals surface area contributed by atoms with E-state index in [1.165, 1.54) is 13.5 Å². The summed E-state index contributed by atoms with van der Waals surface area (Å²) in [5.74, 6) is 0.0252. The van der Waals surface area contributed by atoms with Crippen molar-refractivity contribution >= 4 is 66.8 Å². The number of fused-ring (bicyclic) bond motifs is 2. The molecule has 0 unspecified atom stereocenters. The minimum absolute atomic E-state index is 0. The summed E-state index contributed by atoms with van der Waals surface area (Å²) in [4.78, 5) is 27.0. The second kappa shape index (κ2) is 23.2. The number of likely N-dealkylation sites (N-methyl/N-ethyl adjacent to an activating group) is 1. The van der Waals surface area contributed by atoms with Gasteiger partial charge < -0.3 is 35.6 Å². The summed E-state index contributed by atoms with van der Waals surface area (Å²) in [6.45, 7) is 19.7. The zero-order valence-corrected chi connectivity index (χ0v) is 31.1. The van der Waals surface area contributed by atoms with Gasteiger partial charge in [-0.1, -0.05) is 63.2 Å². The van der Waals surface area contributed by atoms with Gasteiger partial charge >= 0.3 is 6.01 Å². The number of amides is 1. The lowest BCUT2D eigenvalue weighted by Crippen LogP contribution is -2.33. The van der Waals surface area contributed by atoms with Gasteiger partial charge in [0.25, 0.3) is 0 Å².